The van der Waals surface area contributed by atoms with Gasteiger partial charge < -0.3 is 19.3 Å². The third-order valence-electron chi connectivity index (χ3n) is 5.44. The first kappa shape index (κ1) is 17.6. The number of esters is 1. The van der Waals surface area contributed by atoms with Crippen molar-refractivity contribution in [3.63, 3.8) is 0 Å². The normalized spacial score (nSPS) is 18.4. The summed E-state index contributed by atoms with van der Waals surface area (Å²) in [5.41, 5.74) is 1.59. The van der Waals surface area contributed by atoms with E-state index in [0.717, 1.165) is 24.0 Å². The minimum Gasteiger partial charge on any atom is -0.508 e. The molecule has 0 aliphatic carbocycles. The van der Waals surface area contributed by atoms with Crippen molar-refractivity contribution in [1.29, 1.82) is 0 Å². The molecule has 5 heteroatoms. The molecule has 0 bridgehead atoms. The van der Waals surface area contributed by atoms with Crippen LogP contribution in [0.3, 0.4) is 0 Å². The zero-order valence-corrected chi connectivity index (χ0v) is 16.0. The Kier molecular flexibility index (Phi) is 3.98. The molecule has 2 heterocycles. The third kappa shape index (κ3) is 2.58. The first-order chi connectivity index (χ1) is 14.1. The Morgan fingerprint density at radius 1 is 0.966 bits per heavy atom. The molecule has 3 aromatic carbocycles. The Balaban J connectivity index is 1.72. The van der Waals surface area contributed by atoms with Gasteiger partial charge >= 0.3 is 5.97 Å². The third-order valence-corrected chi connectivity index (χ3v) is 5.44. The van der Waals surface area contributed by atoms with E-state index in [2.05, 4.69) is 6.92 Å². The summed E-state index contributed by atoms with van der Waals surface area (Å²) in [5.74, 6) is 1.38. The van der Waals surface area contributed by atoms with E-state index in [1.165, 1.54) is 0 Å². The molecule has 0 fully saturated rings. The van der Waals surface area contributed by atoms with Crippen molar-refractivity contribution in [2.24, 2.45) is 0 Å². The smallest absolute Gasteiger partial charge is 0.340 e. The zero-order chi connectivity index (χ0) is 20.0. The van der Waals surface area contributed by atoms with Crippen molar-refractivity contribution in [2.75, 3.05) is 6.61 Å². The van der Waals surface area contributed by atoms with Crippen LogP contribution in [-0.2, 0) is 10.3 Å². The maximum atomic E-state index is 12.7. The predicted molar refractivity (Wildman–Crippen MR) is 107 cm³/mol. The van der Waals surface area contributed by atoms with E-state index in [1.54, 1.807) is 24.3 Å². The first-order valence-corrected chi connectivity index (χ1v) is 9.75. The SMILES string of the molecule is CCCCOc1ccc2c(c1)Oc1cc(O)ccc1[C@@]21OC(=O)c2ccccc21. The molecule has 5 nitrogen and oxygen atoms in total. The molecular weight excluding hydrogens is 368 g/mol. The molecule has 1 N–H and O–H groups in total. The van der Waals surface area contributed by atoms with Crippen LogP contribution < -0.4 is 9.47 Å². The van der Waals surface area contributed by atoms with Crippen LogP contribution in [0.4, 0.5) is 0 Å². The lowest BCUT2D eigenvalue weighted by Gasteiger charge is -2.36. The summed E-state index contributed by atoms with van der Waals surface area (Å²) in [6, 6.07) is 17.8. The fraction of sp³-hybridized carbons (Fsp3) is 0.208. The highest BCUT2D eigenvalue weighted by Crippen LogP contribution is 2.56. The van der Waals surface area contributed by atoms with E-state index in [-0.39, 0.29) is 11.7 Å². The molecule has 0 radical (unpaired) electrons. The molecule has 0 saturated heterocycles. The predicted octanol–water partition coefficient (Wildman–Crippen LogP) is 5.14. The fourth-order valence-electron chi connectivity index (χ4n) is 4.07. The summed E-state index contributed by atoms with van der Waals surface area (Å²) >= 11 is 0. The highest BCUT2D eigenvalue weighted by Gasteiger charge is 2.53. The number of phenols is 1. The Morgan fingerprint density at radius 3 is 2.55 bits per heavy atom. The minimum absolute atomic E-state index is 0.0790. The standard InChI is InChI=1S/C24H20O5/c1-2-3-12-27-16-9-11-20-22(14-16)28-21-13-15(25)8-10-19(21)24(20)18-7-5-4-6-17(18)23(26)29-24/h4-11,13-14,25H,2-3,12H2,1H3/t24-/m1/s1. The molecule has 0 unspecified atom stereocenters. The van der Waals surface area contributed by atoms with Crippen molar-refractivity contribution in [2.45, 2.75) is 25.4 Å². The number of phenolic OH excluding ortho intramolecular Hbond substituents is 1. The van der Waals surface area contributed by atoms with Crippen molar-refractivity contribution < 1.29 is 24.1 Å². The topological polar surface area (TPSA) is 65.0 Å². The number of carbonyl (C=O) groups is 1. The summed E-state index contributed by atoms with van der Waals surface area (Å²) in [4.78, 5) is 12.7. The van der Waals surface area contributed by atoms with Crippen LogP contribution in [-0.4, -0.2) is 17.7 Å². The van der Waals surface area contributed by atoms with Gasteiger partial charge in [-0.05, 0) is 36.8 Å². The number of rotatable bonds is 4. The number of unbranched alkanes of at least 4 members (excludes halogenated alkanes) is 1. The van der Waals surface area contributed by atoms with Gasteiger partial charge in [0.1, 0.15) is 23.0 Å². The molecule has 0 aromatic heterocycles. The average molecular weight is 388 g/mol. The fourth-order valence-corrected chi connectivity index (χ4v) is 4.07. The number of hydrogen-bond donors (Lipinski definition) is 1. The van der Waals surface area contributed by atoms with E-state index >= 15 is 0 Å². The summed E-state index contributed by atoms with van der Waals surface area (Å²) < 4.78 is 18.0. The largest absolute Gasteiger partial charge is 0.508 e. The second-order valence-corrected chi connectivity index (χ2v) is 7.26. The molecule has 146 valence electrons. The summed E-state index contributed by atoms with van der Waals surface area (Å²) in [6.07, 6.45) is 2.01. The van der Waals surface area contributed by atoms with Crippen LogP contribution in [0.5, 0.6) is 23.0 Å². The zero-order valence-electron chi connectivity index (χ0n) is 16.0. The number of carbonyl (C=O) groups excluding carboxylic acids is 1. The molecular formula is C24H20O5. The number of fused-ring (bicyclic) bond motifs is 6. The van der Waals surface area contributed by atoms with Gasteiger partial charge in [-0.3, -0.25) is 0 Å². The lowest BCUT2D eigenvalue weighted by molar-refractivity contribution is 0.0224. The summed E-state index contributed by atoms with van der Waals surface area (Å²) in [5, 5.41) is 10.0. The number of aromatic hydroxyl groups is 1. The molecule has 0 saturated carbocycles. The van der Waals surface area contributed by atoms with Gasteiger partial charge in [0.15, 0.2) is 5.60 Å². The molecule has 0 amide bonds. The maximum absolute atomic E-state index is 12.7. The lowest BCUT2D eigenvalue weighted by Crippen LogP contribution is -2.32. The van der Waals surface area contributed by atoms with Gasteiger partial charge in [0.05, 0.1) is 12.2 Å². The van der Waals surface area contributed by atoms with E-state index in [1.807, 2.05) is 36.4 Å². The van der Waals surface area contributed by atoms with E-state index < -0.39 is 5.60 Å². The van der Waals surface area contributed by atoms with Gasteiger partial charge in [0.25, 0.3) is 0 Å². The van der Waals surface area contributed by atoms with Gasteiger partial charge in [-0.25, -0.2) is 4.79 Å². The first-order valence-electron chi connectivity index (χ1n) is 9.75. The second-order valence-electron chi connectivity index (χ2n) is 7.26. The van der Waals surface area contributed by atoms with Gasteiger partial charge in [-0.2, -0.15) is 0 Å². The van der Waals surface area contributed by atoms with Crippen molar-refractivity contribution in [3.8, 4) is 23.0 Å². The molecule has 1 atom stereocenters. The summed E-state index contributed by atoms with van der Waals surface area (Å²) in [7, 11) is 0. The minimum atomic E-state index is -1.12. The van der Waals surface area contributed by atoms with Gasteiger partial charge in [-0.1, -0.05) is 31.5 Å². The van der Waals surface area contributed by atoms with Crippen molar-refractivity contribution >= 4 is 5.97 Å². The van der Waals surface area contributed by atoms with Crippen LogP contribution >= 0.6 is 0 Å². The Hall–Kier alpha value is -3.47. The Bertz CT molecular complexity index is 1120. The van der Waals surface area contributed by atoms with Gasteiger partial charge in [-0.15, -0.1) is 0 Å². The van der Waals surface area contributed by atoms with Gasteiger partial charge in [0.2, 0.25) is 0 Å². The summed E-state index contributed by atoms with van der Waals surface area (Å²) in [6.45, 7) is 2.73. The number of hydrogen-bond acceptors (Lipinski definition) is 5. The molecule has 2 aliphatic rings. The Labute approximate surface area is 168 Å². The molecule has 3 aromatic rings. The van der Waals surface area contributed by atoms with Crippen molar-refractivity contribution in [3.05, 3.63) is 82.9 Å². The highest BCUT2D eigenvalue weighted by atomic mass is 16.6. The van der Waals surface area contributed by atoms with Crippen LogP contribution in [0, 0.1) is 0 Å². The van der Waals surface area contributed by atoms with E-state index in [0.29, 0.717) is 35.0 Å². The average Bonchev–Trinajstić information content (AvgIpc) is 3.01. The number of ether oxygens (including phenoxy) is 3. The maximum Gasteiger partial charge on any atom is 0.340 e. The van der Waals surface area contributed by atoms with Crippen LogP contribution in [0.25, 0.3) is 0 Å². The quantitative estimate of drug-likeness (QED) is 0.495. The lowest BCUT2D eigenvalue weighted by atomic mass is 9.77. The molecule has 2 aliphatic heterocycles. The second kappa shape index (κ2) is 6.55. The van der Waals surface area contributed by atoms with Crippen LogP contribution in [0.1, 0.15) is 46.8 Å². The molecule has 1 spiro atoms. The number of benzene rings is 3. The van der Waals surface area contributed by atoms with E-state index in [4.69, 9.17) is 14.2 Å². The van der Waals surface area contributed by atoms with Crippen molar-refractivity contribution in [1.82, 2.24) is 0 Å². The molecule has 5 rings (SSSR count). The van der Waals surface area contributed by atoms with Crippen LogP contribution in [0.15, 0.2) is 60.7 Å². The molecule has 29 heavy (non-hydrogen) atoms. The highest BCUT2D eigenvalue weighted by molar-refractivity contribution is 5.97. The van der Waals surface area contributed by atoms with Crippen LogP contribution in [0.2, 0.25) is 0 Å². The van der Waals surface area contributed by atoms with Gasteiger partial charge in [0, 0.05) is 28.8 Å². The monoisotopic (exact) mass is 388 g/mol. The van der Waals surface area contributed by atoms with E-state index in [9.17, 15) is 9.90 Å². The Morgan fingerprint density at radius 2 is 1.72 bits per heavy atom.